The summed E-state index contributed by atoms with van der Waals surface area (Å²) in [6.07, 6.45) is 0. The van der Waals surface area contributed by atoms with Crippen LogP contribution in [0.25, 0.3) is 0 Å². The number of hydrogen-bond acceptors (Lipinski definition) is 3. The second-order valence-corrected chi connectivity index (χ2v) is 7.19. The van der Waals surface area contributed by atoms with Crippen molar-refractivity contribution in [3.63, 3.8) is 0 Å². The van der Waals surface area contributed by atoms with Crippen LogP contribution in [0.2, 0.25) is 0 Å². The molecule has 1 aliphatic rings. The van der Waals surface area contributed by atoms with Crippen LogP contribution in [0.4, 0.5) is 4.79 Å². The molecule has 3 amide bonds. The fraction of sp³-hybridized carbons (Fsp3) is 0.500. The zero-order valence-corrected chi connectivity index (χ0v) is 14.5. The molecule has 0 radical (unpaired) electrons. The number of nitrogens with one attached hydrogen (secondary N) is 1. The van der Waals surface area contributed by atoms with E-state index >= 15 is 0 Å². The Labute approximate surface area is 143 Å². The Morgan fingerprint density at radius 3 is 2.38 bits per heavy atom. The molecule has 1 heterocycles. The van der Waals surface area contributed by atoms with Crippen LogP contribution in [0, 0.1) is 16.7 Å². The summed E-state index contributed by atoms with van der Waals surface area (Å²) in [5, 5.41) is 11.9. The normalized spacial score (nSPS) is 14.9. The molecule has 128 valence electrons. The number of carbonyl (C=O) groups is 2. The number of carbonyl (C=O) groups excluding carboxylic acids is 2. The van der Waals surface area contributed by atoms with E-state index in [2.05, 4.69) is 26.1 Å². The lowest BCUT2D eigenvalue weighted by molar-refractivity contribution is 0.0664. The van der Waals surface area contributed by atoms with Crippen LogP contribution >= 0.6 is 0 Å². The highest BCUT2D eigenvalue weighted by atomic mass is 16.2. The lowest BCUT2D eigenvalue weighted by atomic mass is 9.97. The predicted octanol–water partition coefficient (Wildman–Crippen LogP) is 2.07. The number of amides is 3. The monoisotopic (exact) mass is 328 g/mol. The quantitative estimate of drug-likeness (QED) is 0.903. The number of piperazine rings is 1. The van der Waals surface area contributed by atoms with E-state index in [1.165, 1.54) is 0 Å². The molecule has 1 aromatic rings. The molecule has 1 aliphatic heterocycles. The molecule has 1 aromatic carbocycles. The summed E-state index contributed by atoms with van der Waals surface area (Å²) in [5.74, 6) is -0.0955. The molecule has 1 N–H and O–H groups in total. The van der Waals surface area contributed by atoms with E-state index in [1.807, 2.05) is 6.07 Å². The van der Waals surface area contributed by atoms with E-state index in [9.17, 15) is 9.59 Å². The topological polar surface area (TPSA) is 76.4 Å². The largest absolute Gasteiger partial charge is 0.337 e. The molecular formula is C18H24N4O2. The smallest absolute Gasteiger partial charge is 0.317 e. The molecule has 0 aliphatic carbocycles. The Kier molecular flexibility index (Phi) is 5.45. The number of urea groups is 1. The van der Waals surface area contributed by atoms with Crippen molar-refractivity contribution in [1.82, 2.24) is 15.1 Å². The zero-order chi connectivity index (χ0) is 17.7. The average Bonchev–Trinajstić information content (AvgIpc) is 2.58. The van der Waals surface area contributed by atoms with E-state index in [0.717, 1.165) is 0 Å². The van der Waals surface area contributed by atoms with Gasteiger partial charge in [0.25, 0.3) is 5.91 Å². The van der Waals surface area contributed by atoms with Gasteiger partial charge in [-0.3, -0.25) is 4.79 Å². The molecule has 1 fully saturated rings. The Balaban J connectivity index is 1.89. The van der Waals surface area contributed by atoms with Gasteiger partial charge in [-0.15, -0.1) is 0 Å². The second kappa shape index (κ2) is 7.35. The van der Waals surface area contributed by atoms with Crippen LogP contribution in [-0.2, 0) is 0 Å². The van der Waals surface area contributed by atoms with E-state index in [1.54, 1.807) is 34.1 Å². The molecule has 0 aromatic heterocycles. The van der Waals surface area contributed by atoms with Gasteiger partial charge >= 0.3 is 6.03 Å². The van der Waals surface area contributed by atoms with E-state index in [-0.39, 0.29) is 17.4 Å². The number of nitrogens with zero attached hydrogens (tertiary/aromatic N) is 3. The molecule has 0 bridgehead atoms. The minimum atomic E-state index is -0.0955. The van der Waals surface area contributed by atoms with Gasteiger partial charge < -0.3 is 15.1 Å². The molecule has 0 saturated carbocycles. The van der Waals surface area contributed by atoms with Crippen LogP contribution in [0.1, 0.15) is 36.7 Å². The van der Waals surface area contributed by atoms with Crippen molar-refractivity contribution < 1.29 is 9.59 Å². The summed E-state index contributed by atoms with van der Waals surface area (Å²) in [6, 6.07) is 8.66. The highest BCUT2D eigenvalue weighted by Crippen LogP contribution is 2.12. The number of nitriles is 1. The van der Waals surface area contributed by atoms with Gasteiger partial charge in [-0.1, -0.05) is 26.8 Å². The first-order valence-corrected chi connectivity index (χ1v) is 8.12. The van der Waals surface area contributed by atoms with Gasteiger partial charge in [0.2, 0.25) is 0 Å². The Morgan fingerprint density at radius 2 is 1.79 bits per heavy atom. The lowest BCUT2D eigenvalue weighted by Gasteiger charge is -2.35. The highest BCUT2D eigenvalue weighted by Gasteiger charge is 2.25. The standard InChI is InChI=1S/C18H24N4O2/c1-18(2,3)13-20-17(24)22-9-7-21(8-10-22)16(23)15-6-4-5-14(11-15)12-19/h4-6,11H,7-10,13H2,1-3H3,(H,20,24). The fourth-order valence-corrected chi connectivity index (χ4v) is 2.47. The van der Waals surface area contributed by atoms with Crippen LogP contribution < -0.4 is 5.32 Å². The summed E-state index contributed by atoms with van der Waals surface area (Å²) >= 11 is 0. The van der Waals surface area contributed by atoms with Gasteiger partial charge in [0.1, 0.15) is 0 Å². The van der Waals surface area contributed by atoms with Gasteiger partial charge in [-0.2, -0.15) is 5.26 Å². The van der Waals surface area contributed by atoms with Crippen LogP contribution in [0.5, 0.6) is 0 Å². The molecular weight excluding hydrogens is 304 g/mol. The average molecular weight is 328 g/mol. The van der Waals surface area contributed by atoms with Crippen LogP contribution in [-0.4, -0.2) is 54.5 Å². The number of hydrogen-bond donors (Lipinski definition) is 1. The zero-order valence-electron chi connectivity index (χ0n) is 14.5. The predicted molar refractivity (Wildman–Crippen MR) is 91.5 cm³/mol. The SMILES string of the molecule is CC(C)(C)CNC(=O)N1CCN(C(=O)c2cccc(C#N)c2)CC1. The van der Waals surface area contributed by atoms with Crippen molar-refractivity contribution in [1.29, 1.82) is 5.26 Å². The van der Waals surface area contributed by atoms with E-state index in [0.29, 0.717) is 43.9 Å². The van der Waals surface area contributed by atoms with Crippen molar-refractivity contribution in [2.45, 2.75) is 20.8 Å². The lowest BCUT2D eigenvalue weighted by Crippen LogP contribution is -2.53. The first-order chi connectivity index (χ1) is 11.3. The number of rotatable bonds is 2. The molecule has 0 spiro atoms. The Bertz CT molecular complexity index is 650. The van der Waals surface area contributed by atoms with Crippen molar-refractivity contribution >= 4 is 11.9 Å². The minimum Gasteiger partial charge on any atom is -0.337 e. The van der Waals surface area contributed by atoms with E-state index < -0.39 is 0 Å². The first-order valence-electron chi connectivity index (χ1n) is 8.12. The van der Waals surface area contributed by atoms with Crippen molar-refractivity contribution in [2.24, 2.45) is 5.41 Å². The molecule has 0 atom stereocenters. The molecule has 6 heteroatoms. The van der Waals surface area contributed by atoms with E-state index in [4.69, 9.17) is 5.26 Å². The van der Waals surface area contributed by atoms with Gasteiger partial charge in [0, 0.05) is 38.3 Å². The maximum atomic E-state index is 12.5. The summed E-state index contributed by atoms with van der Waals surface area (Å²) in [4.78, 5) is 28.1. The molecule has 1 saturated heterocycles. The van der Waals surface area contributed by atoms with Crippen molar-refractivity contribution in [2.75, 3.05) is 32.7 Å². The third-order valence-electron chi connectivity index (χ3n) is 3.86. The fourth-order valence-electron chi connectivity index (χ4n) is 2.47. The van der Waals surface area contributed by atoms with Crippen LogP contribution in [0.15, 0.2) is 24.3 Å². The molecule has 0 unspecified atom stereocenters. The summed E-state index contributed by atoms with van der Waals surface area (Å²) in [5.41, 5.74) is 1.03. The highest BCUT2D eigenvalue weighted by molar-refractivity contribution is 5.94. The van der Waals surface area contributed by atoms with Gasteiger partial charge in [0.05, 0.1) is 11.6 Å². The first kappa shape index (κ1) is 17.8. The van der Waals surface area contributed by atoms with Gasteiger partial charge in [-0.25, -0.2) is 4.79 Å². The van der Waals surface area contributed by atoms with Crippen LogP contribution in [0.3, 0.4) is 0 Å². The Hall–Kier alpha value is -2.55. The summed E-state index contributed by atoms with van der Waals surface area (Å²) in [6.45, 7) is 8.85. The van der Waals surface area contributed by atoms with Crippen molar-refractivity contribution in [3.8, 4) is 6.07 Å². The molecule has 24 heavy (non-hydrogen) atoms. The maximum absolute atomic E-state index is 12.5. The molecule has 6 nitrogen and oxygen atoms in total. The Morgan fingerprint density at radius 1 is 1.17 bits per heavy atom. The minimum absolute atomic E-state index is 0.0409. The summed E-state index contributed by atoms with van der Waals surface area (Å²) in [7, 11) is 0. The van der Waals surface area contributed by atoms with Gasteiger partial charge in [0.15, 0.2) is 0 Å². The maximum Gasteiger partial charge on any atom is 0.317 e. The van der Waals surface area contributed by atoms with Crippen molar-refractivity contribution in [3.05, 3.63) is 35.4 Å². The molecule has 2 rings (SSSR count). The summed E-state index contributed by atoms with van der Waals surface area (Å²) < 4.78 is 0. The van der Waals surface area contributed by atoms with Gasteiger partial charge in [-0.05, 0) is 23.6 Å². The third kappa shape index (κ3) is 4.72. The number of benzene rings is 1. The third-order valence-corrected chi connectivity index (χ3v) is 3.86. The second-order valence-electron chi connectivity index (χ2n) is 7.19.